The molecule has 134 valence electrons. The van der Waals surface area contributed by atoms with Crippen LogP contribution >= 0.6 is 0 Å². The molecule has 26 heavy (non-hydrogen) atoms. The summed E-state index contributed by atoms with van der Waals surface area (Å²) in [6.45, 7) is 1.39. The largest absolute Gasteiger partial charge is 0.358 e. The molecule has 4 rings (SSSR count). The van der Waals surface area contributed by atoms with Crippen molar-refractivity contribution in [3.05, 3.63) is 59.7 Å². The molecule has 0 saturated carbocycles. The van der Waals surface area contributed by atoms with Gasteiger partial charge in [-0.05, 0) is 43.0 Å². The fourth-order valence-electron chi connectivity index (χ4n) is 3.88. The highest BCUT2D eigenvalue weighted by molar-refractivity contribution is 6.07. The first-order valence-corrected chi connectivity index (χ1v) is 9.15. The molecule has 0 radical (unpaired) electrons. The normalized spacial score (nSPS) is 19.0. The number of hydrogen-bond acceptors (Lipinski definition) is 3. The number of amides is 2. The smallest absolute Gasteiger partial charge is 0.251 e. The number of carbonyl (C=O) groups excluding carboxylic acids is 2. The number of benzene rings is 2. The van der Waals surface area contributed by atoms with E-state index in [9.17, 15) is 9.59 Å². The first-order valence-electron chi connectivity index (χ1n) is 9.15. The summed E-state index contributed by atoms with van der Waals surface area (Å²) >= 11 is 0. The van der Waals surface area contributed by atoms with E-state index >= 15 is 0 Å². The van der Waals surface area contributed by atoms with Gasteiger partial charge in [0, 0.05) is 25.7 Å². The first kappa shape index (κ1) is 16.6. The van der Waals surface area contributed by atoms with Crippen LogP contribution in [0.4, 0.5) is 11.4 Å². The molecule has 5 heteroatoms. The van der Waals surface area contributed by atoms with Crippen LogP contribution in [0.1, 0.15) is 35.2 Å². The van der Waals surface area contributed by atoms with Gasteiger partial charge in [-0.1, -0.05) is 30.3 Å². The van der Waals surface area contributed by atoms with Crippen molar-refractivity contribution in [1.29, 1.82) is 0 Å². The van der Waals surface area contributed by atoms with Crippen LogP contribution in [0.15, 0.2) is 48.5 Å². The molecule has 0 bridgehead atoms. The molecule has 0 spiro atoms. The average molecular weight is 349 g/mol. The lowest BCUT2D eigenvalue weighted by Gasteiger charge is -2.44. The molecular formula is C21H23N3O2. The summed E-state index contributed by atoms with van der Waals surface area (Å²) in [7, 11) is 1.80. The van der Waals surface area contributed by atoms with Gasteiger partial charge in [0.2, 0.25) is 5.91 Å². The van der Waals surface area contributed by atoms with Gasteiger partial charge >= 0.3 is 0 Å². The Balaban J connectivity index is 1.56. The summed E-state index contributed by atoms with van der Waals surface area (Å²) in [4.78, 5) is 29.1. The van der Waals surface area contributed by atoms with E-state index in [0.717, 1.165) is 42.7 Å². The highest BCUT2D eigenvalue weighted by Crippen LogP contribution is 2.39. The van der Waals surface area contributed by atoms with Gasteiger partial charge in [-0.25, -0.2) is 0 Å². The van der Waals surface area contributed by atoms with Crippen molar-refractivity contribution in [2.75, 3.05) is 23.4 Å². The van der Waals surface area contributed by atoms with Gasteiger partial charge in [0.05, 0.1) is 11.4 Å². The number of nitrogens with zero attached hydrogens (tertiary/aromatic N) is 2. The fourth-order valence-corrected chi connectivity index (χ4v) is 3.88. The van der Waals surface area contributed by atoms with E-state index in [-0.39, 0.29) is 17.9 Å². The molecule has 2 aliphatic heterocycles. The van der Waals surface area contributed by atoms with Crippen LogP contribution in [0.25, 0.3) is 0 Å². The molecule has 1 N–H and O–H groups in total. The molecule has 2 heterocycles. The molecule has 2 aliphatic rings. The molecule has 2 aromatic carbocycles. The van der Waals surface area contributed by atoms with Crippen molar-refractivity contribution in [2.45, 2.75) is 31.8 Å². The van der Waals surface area contributed by atoms with Crippen LogP contribution in [0, 0.1) is 0 Å². The second-order valence-corrected chi connectivity index (χ2v) is 6.97. The number of rotatable bonds is 3. The Morgan fingerprint density at radius 1 is 1.12 bits per heavy atom. The summed E-state index contributed by atoms with van der Waals surface area (Å²) < 4.78 is 0. The topological polar surface area (TPSA) is 52.7 Å². The number of nitrogens with one attached hydrogen (secondary N) is 1. The second-order valence-electron chi connectivity index (χ2n) is 6.97. The minimum atomic E-state index is -0.127. The Bertz CT molecular complexity index is 834. The van der Waals surface area contributed by atoms with Gasteiger partial charge in [0.1, 0.15) is 6.04 Å². The number of likely N-dealkylation sites (N-methyl/N-ethyl adjacent to an activating group) is 1. The maximum Gasteiger partial charge on any atom is 0.251 e. The molecule has 1 atom stereocenters. The van der Waals surface area contributed by atoms with Gasteiger partial charge in [-0.2, -0.15) is 0 Å². The van der Waals surface area contributed by atoms with Crippen LogP contribution in [0.3, 0.4) is 0 Å². The summed E-state index contributed by atoms with van der Waals surface area (Å²) in [5.41, 5.74) is 3.51. The number of hydrogen-bond donors (Lipinski definition) is 1. The number of piperidine rings is 1. The van der Waals surface area contributed by atoms with Crippen LogP contribution in [0.2, 0.25) is 0 Å². The lowest BCUT2D eigenvalue weighted by Crippen LogP contribution is -2.54. The average Bonchev–Trinajstić information content (AvgIpc) is 2.70. The van der Waals surface area contributed by atoms with E-state index < -0.39 is 0 Å². The quantitative estimate of drug-likeness (QED) is 0.927. The van der Waals surface area contributed by atoms with Gasteiger partial charge < -0.3 is 15.1 Å². The zero-order valence-electron chi connectivity index (χ0n) is 14.9. The predicted molar refractivity (Wildman–Crippen MR) is 102 cm³/mol. The van der Waals surface area contributed by atoms with Crippen LogP contribution in [0.5, 0.6) is 0 Å². The van der Waals surface area contributed by atoms with E-state index in [4.69, 9.17) is 0 Å². The minimum Gasteiger partial charge on any atom is -0.358 e. The molecule has 1 fully saturated rings. The van der Waals surface area contributed by atoms with Crippen LogP contribution in [-0.4, -0.2) is 31.4 Å². The zero-order valence-corrected chi connectivity index (χ0v) is 14.9. The van der Waals surface area contributed by atoms with E-state index in [1.165, 1.54) is 0 Å². The molecule has 0 aliphatic carbocycles. The maximum atomic E-state index is 12.7. The van der Waals surface area contributed by atoms with Gasteiger partial charge in [-0.15, -0.1) is 0 Å². The number of carbonyl (C=O) groups is 2. The SMILES string of the molecule is CN1C(=O)[C@H]2CCCCN2c2ccc(C(=O)NCc3ccccc3)cc21. The van der Waals surface area contributed by atoms with Crippen molar-refractivity contribution >= 4 is 23.2 Å². The molecular weight excluding hydrogens is 326 g/mol. The predicted octanol–water partition coefficient (Wildman–Crippen LogP) is 2.95. The van der Waals surface area contributed by atoms with Crippen molar-refractivity contribution in [3.63, 3.8) is 0 Å². The minimum absolute atomic E-state index is 0.0565. The van der Waals surface area contributed by atoms with Crippen molar-refractivity contribution < 1.29 is 9.59 Å². The summed E-state index contributed by atoms with van der Waals surface area (Å²) in [5.74, 6) is -0.00249. The summed E-state index contributed by atoms with van der Waals surface area (Å²) in [5, 5.41) is 2.95. The van der Waals surface area contributed by atoms with E-state index in [1.54, 1.807) is 11.9 Å². The van der Waals surface area contributed by atoms with Crippen molar-refractivity contribution in [1.82, 2.24) is 5.32 Å². The van der Waals surface area contributed by atoms with Gasteiger partial charge in [-0.3, -0.25) is 9.59 Å². The molecule has 5 nitrogen and oxygen atoms in total. The third-order valence-corrected chi connectivity index (χ3v) is 5.32. The molecule has 0 unspecified atom stereocenters. The van der Waals surface area contributed by atoms with Crippen molar-refractivity contribution in [3.8, 4) is 0 Å². The highest BCUT2D eigenvalue weighted by Gasteiger charge is 2.37. The van der Waals surface area contributed by atoms with E-state index in [2.05, 4.69) is 10.2 Å². The van der Waals surface area contributed by atoms with Crippen LogP contribution < -0.4 is 15.1 Å². The lowest BCUT2D eigenvalue weighted by molar-refractivity contribution is -0.120. The Kier molecular flexibility index (Phi) is 4.37. The zero-order chi connectivity index (χ0) is 18.1. The Hall–Kier alpha value is -2.82. The molecule has 0 aromatic heterocycles. The Labute approximate surface area is 153 Å². The molecule has 2 aromatic rings. The van der Waals surface area contributed by atoms with Crippen LogP contribution in [-0.2, 0) is 11.3 Å². The first-order chi connectivity index (χ1) is 12.6. The monoisotopic (exact) mass is 349 g/mol. The lowest BCUT2D eigenvalue weighted by atomic mass is 9.96. The fraction of sp³-hybridized carbons (Fsp3) is 0.333. The number of fused-ring (bicyclic) bond motifs is 3. The van der Waals surface area contributed by atoms with E-state index in [0.29, 0.717) is 12.1 Å². The Morgan fingerprint density at radius 2 is 1.92 bits per heavy atom. The molecule has 1 saturated heterocycles. The van der Waals surface area contributed by atoms with E-state index in [1.807, 2.05) is 48.5 Å². The second kappa shape index (κ2) is 6.83. The Morgan fingerprint density at radius 3 is 2.73 bits per heavy atom. The highest BCUT2D eigenvalue weighted by atomic mass is 16.2. The summed E-state index contributed by atoms with van der Waals surface area (Å²) in [6, 6.07) is 15.4. The standard InChI is InChI=1S/C21H23N3O2/c1-23-19-13-16(20(25)22-14-15-7-3-2-4-8-15)10-11-17(19)24-12-6-5-9-18(24)21(23)26/h2-4,7-8,10-11,13,18H,5-6,9,12,14H2,1H3,(H,22,25)/t18-/m1/s1. The molecule has 2 amide bonds. The summed E-state index contributed by atoms with van der Waals surface area (Å²) in [6.07, 6.45) is 3.10. The third-order valence-electron chi connectivity index (χ3n) is 5.32. The van der Waals surface area contributed by atoms with Crippen molar-refractivity contribution in [2.24, 2.45) is 0 Å². The van der Waals surface area contributed by atoms with Gasteiger partial charge in [0.25, 0.3) is 5.91 Å². The van der Waals surface area contributed by atoms with Gasteiger partial charge in [0.15, 0.2) is 0 Å². The number of anilines is 2. The maximum absolute atomic E-state index is 12.7. The third kappa shape index (κ3) is 2.94.